The summed E-state index contributed by atoms with van der Waals surface area (Å²) in [6, 6.07) is 8.88. The molecule has 0 amide bonds. The Labute approximate surface area is 128 Å². The summed E-state index contributed by atoms with van der Waals surface area (Å²) in [5.41, 5.74) is 1.46. The summed E-state index contributed by atoms with van der Waals surface area (Å²) in [7, 11) is 1.60. The Hall–Kier alpha value is -2.63. The highest BCUT2D eigenvalue weighted by atomic mass is 16.5. The van der Waals surface area contributed by atoms with Crippen molar-refractivity contribution in [3.63, 3.8) is 0 Å². The number of carboxylic acids is 1. The van der Waals surface area contributed by atoms with E-state index in [2.05, 4.69) is 9.97 Å². The van der Waals surface area contributed by atoms with E-state index in [4.69, 9.17) is 4.74 Å². The summed E-state index contributed by atoms with van der Waals surface area (Å²) in [5, 5.41) is 9.28. The molecule has 1 aliphatic heterocycles. The van der Waals surface area contributed by atoms with Gasteiger partial charge in [0.2, 0.25) is 5.95 Å². The van der Waals surface area contributed by atoms with E-state index in [1.165, 1.54) is 6.07 Å². The first-order valence-corrected chi connectivity index (χ1v) is 7.19. The van der Waals surface area contributed by atoms with Gasteiger partial charge in [0.05, 0.1) is 12.8 Å². The number of carboxylic acid groups (broad SMARTS) is 1. The molecular formula is C16H17N3O3. The molecule has 0 atom stereocenters. The molecule has 0 aliphatic carbocycles. The molecule has 1 N–H and O–H groups in total. The van der Waals surface area contributed by atoms with Crippen LogP contribution in [0.4, 0.5) is 5.95 Å². The van der Waals surface area contributed by atoms with Crippen LogP contribution in [0.25, 0.3) is 11.3 Å². The van der Waals surface area contributed by atoms with Gasteiger partial charge in [-0.3, -0.25) is 0 Å². The minimum Gasteiger partial charge on any atom is -0.497 e. The van der Waals surface area contributed by atoms with Crippen molar-refractivity contribution in [2.75, 3.05) is 25.1 Å². The normalized spacial score (nSPS) is 14.1. The Morgan fingerprint density at radius 1 is 1.18 bits per heavy atom. The smallest absolute Gasteiger partial charge is 0.354 e. The van der Waals surface area contributed by atoms with Gasteiger partial charge in [0.15, 0.2) is 5.69 Å². The molecule has 1 aromatic heterocycles. The Kier molecular flexibility index (Phi) is 3.91. The van der Waals surface area contributed by atoms with Crippen LogP contribution in [0.15, 0.2) is 30.3 Å². The molecule has 0 bridgehead atoms. The van der Waals surface area contributed by atoms with E-state index in [1.54, 1.807) is 7.11 Å². The predicted molar refractivity (Wildman–Crippen MR) is 82.4 cm³/mol. The van der Waals surface area contributed by atoms with Crippen LogP contribution in [0.1, 0.15) is 23.3 Å². The topological polar surface area (TPSA) is 75.6 Å². The van der Waals surface area contributed by atoms with Crippen molar-refractivity contribution in [2.45, 2.75) is 12.8 Å². The number of carbonyl (C=O) groups is 1. The average Bonchev–Trinajstić information content (AvgIpc) is 3.09. The molecule has 1 saturated heterocycles. The Morgan fingerprint density at radius 3 is 2.45 bits per heavy atom. The molecule has 114 valence electrons. The highest BCUT2D eigenvalue weighted by molar-refractivity contribution is 5.87. The number of hydrogen-bond donors (Lipinski definition) is 1. The maximum atomic E-state index is 11.3. The summed E-state index contributed by atoms with van der Waals surface area (Å²) in [4.78, 5) is 22.0. The zero-order chi connectivity index (χ0) is 15.5. The molecule has 1 fully saturated rings. The molecule has 0 spiro atoms. The first-order chi connectivity index (χ1) is 10.7. The number of ether oxygens (including phenoxy) is 1. The second-order valence-electron chi connectivity index (χ2n) is 5.17. The number of aromatic carboxylic acids is 1. The third-order valence-corrected chi connectivity index (χ3v) is 3.71. The van der Waals surface area contributed by atoms with Crippen molar-refractivity contribution in [2.24, 2.45) is 0 Å². The maximum Gasteiger partial charge on any atom is 0.354 e. The number of nitrogens with zero attached hydrogens (tertiary/aromatic N) is 3. The third-order valence-electron chi connectivity index (χ3n) is 3.71. The fraction of sp³-hybridized carbons (Fsp3) is 0.312. The van der Waals surface area contributed by atoms with Crippen LogP contribution < -0.4 is 9.64 Å². The first kappa shape index (κ1) is 14.3. The molecule has 0 unspecified atom stereocenters. The monoisotopic (exact) mass is 299 g/mol. The fourth-order valence-electron chi connectivity index (χ4n) is 2.51. The van der Waals surface area contributed by atoms with Gasteiger partial charge >= 0.3 is 5.97 Å². The van der Waals surface area contributed by atoms with E-state index < -0.39 is 5.97 Å². The zero-order valence-corrected chi connectivity index (χ0v) is 12.3. The van der Waals surface area contributed by atoms with Crippen LogP contribution in [0.3, 0.4) is 0 Å². The Morgan fingerprint density at radius 2 is 1.86 bits per heavy atom. The summed E-state index contributed by atoms with van der Waals surface area (Å²) in [6.45, 7) is 1.73. The fourth-order valence-corrected chi connectivity index (χ4v) is 2.51. The summed E-state index contributed by atoms with van der Waals surface area (Å²) >= 11 is 0. The van der Waals surface area contributed by atoms with Crippen molar-refractivity contribution >= 4 is 11.9 Å². The molecule has 2 aromatic rings. The van der Waals surface area contributed by atoms with Gasteiger partial charge in [0.25, 0.3) is 0 Å². The van der Waals surface area contributed by atoms with Crippen LogP contribution in [-0.4, -0.2) is 41.2 Å². The minimum atomic E-state index is -1.04. The van der Waals surface area contributed by atoms with Crippen LogP contribution in [0, 0.1) is 0 Å². The number of benzene rings is 1. The number of anilines is 1. The van der Waals surface area contributed by atoms with Crippen LogP contribution in [0.5, 0.6) is 5.75 Å². The molecular weight excluding hydrogens is 282 g/mol. The number of methoxy groups -OCH3 is 1. The minimum absolute atomic E-state index is 0.0164. The lowest BCUT2D eigenvalue weighted by Gasteiger charge is -2.16. The number of hydrogen-bond acceptors (Lipinski definition) is 5. The lowest BCUT2D eigenvalue weighted by Crippen LogP contribution is -2.21. The largest absolute Gasteiger partial charge is 0.497 e. The SMILES string of the molecule is COc1ccc(-c2cc(C(=O)O)nc(N3CCCC3)n2)cc1. The van der Waals surface area contributed by atoms with Gasteiger partial charge < -0.3 is 14.7 Å². The lowest BCUT2D eigenvalue weighted by atomic mass is 10.1. The van der Waals surface area contributed by atoms with Crippen molar-refractivity contribution in [1.29, 1.82) is 0 Å². The van der Waals surface area contributed by atoms with Gasteiger partial charge in [-0.2, -0.15) is 0 Å². The number of aromatic nitrogens is 2. The van der Waals surface area contributed by atoms with Gasteiger partial charge in [0.1, 0.15) is 5.75 Å². The van der Waals surface area contributed by atoms with E-state index >= 15 is 0 Å². The van der Waals surface area contributed by atoms with E-state index in [0.717, 1.165) is 37.2 Å². The molecule has 22 heavy (non-hydrogen) atoms. The van der Waals surface area contributed by atoms with Gasteiger partial charge in [-0.1, -0.05) is 0 Å². The van der Waals surface area contributed by atoms with Crippen LogP contribution in [0.2, 0.25) is 0 Å². The molecule has 3 rings (SSSR count). The lowest BCUT2D eigenvalue weighted by molar-refractivity contribution is 0.0690. The summed E-state index contributed by atoms with van der Waals surface area (Å²) < 4.78 is 5.14. The average molecular weight is 299 g/mol. The molecule has 1 aliphatic rings. The van der Waals surface area contributed by atoms with Crippen molar-refractivity contribution in [3.05, 3.63) is 36.0 Å². The molecule has 0 radical (unpaired) electrons. The van der Waals surface area contributed by atoms with Crippen molar-refractivity contribution in [1.82, 2.24) is 9.97 Å². The third kappa shape index (κ3) is 2.86. The molecule has 6 nitrogen and oxygen atoms in total. The Bertz CT molecular complexity index is 680. The summed E-state index contributed by atoms with van der Waals surface area (Å²) in [5.74, 6) is 0.192. The van der Waals surface area contributed by atoms with Gasteiger partial charge in [-0.05, 0) is 43.2 Å². The second-order valence-corrected chi connectivity index (χ2v) is 5.17. The molecule has 0 saturated carbocycles. The zero-order valence-electron chi connectivity index (χ0n) is 12.3. The van der Waals surface area contributed by atoms with Gasteiger partial charge in [-0.15, -0.1) is 0 Å². The highest BCUT2D eigenvalue weighted by Crippen LogP contribution is 2.24. The van der Waals surface area contributed by atoms with E-state index in [1.807, 2.05) is 29.2 Å². The van der Waals surface area contributed by atoms with Crippen LogP contribution >= 0.6 is 0 Å². The Balaban J connectivity index is 2.02. The van der Waals surface area contributed by atoms with Gasteiger partial charge in [-0.25, -0.2) is 14.8 Å². The second kappa shape index (κ2) is 6.01. The number of rotatable bonds is 4. The van der Waals surface area contributed by atoms with E-state index in [-0.39, 0.29) is 5.69 Å². The molecule has 1 aromatic carbocycles. The van der Waals surface area contributed by atoms with Crippen molar-refractivity contribution < 1.29 is 14.6 Å². The van der Waals surface area contributed by atoms with Crippen molar-refractivity contribution in [3.8, 4) is 17.0 Å². The van der Waals surface area contributed by atoms with Crippen LogP contribution in [-0.2, 0) is 0 Å². The maximum absolute atomic E-state index is 11.3. The van der Waals surface area contributed by atoms with E-state index in [0.29, 0.717) is 11.6 Å². The highest BCUT2D eigenvalue weighted by Gasteiger charge is 2.19. The standard InChI is InChI=1S/C16H17N3O3/c1-22-12-6-4-11(5-7-12)13-10-14(15(20)21)18-16(17-13)19-8-2-3-9-19/h4-7,10H,2-3,8-9H2,1H3,(H,20,21). The quantitative estimate of drug-likeness (QED) is 0.934. The summed E-state index contributed by atoms with van der Waals surface area (Å²) in [6.07, 6.45) is 2.16. The molecule has 2 heterocycles. The van der Waals surface area contributed by atoms with E-state index in [9.17, 15) is 9.90 Å². The van der Waals surface area contributed by atoms with Gasteiger partial charge in [0, 0.05) is 18.7 Å². The predicted octanol–water partition coefficient (Wildman–Crippen LogP) is 2.45. The molecule has 6 heteroatoms. The first-order valence-electron chi connectivity index (χ1n) is 7.19.